The number of para-hydroxylation sites is 1. The monoisotopic (exact) mass is 401 g/mol. The van der Waals surface area contributed by atoms with Gasteiger partial charge < -0.3 is 27.0 Å². The number of halogens is 1. The van der Waals surface area contributed by atoms with Gasteiger partial charge in [0.2, 0.25) is 0 Å². The van der Waals surface area contributed by atoms with E-state index in [4.69, 9.17) is 10.1 Å². The number of quaternary nitrogens is 1. The van der Waals surface area contributed by atoms with Gasteiger partial charge in [-0.1, -0.05) is 18.2 Å². The highest BCUT2D eigenvalue weighted by Gasteiger charge is 2.32. The Hall–Kier alpha value is -1.07. The van der Waals surface area contributed by atoms with Crippen molar-refractivity contribution >= 4 is 5.96 Å². The smallest absolute Gasteiger partial charge is 0.300 e. The van der Waals surface area contributed by atoms with Crippen molar-refractivity contribution in [3.8, 4) is 5.75 Å². The quantitative estimate of drug-likeness (QED) is 0.438. The number of benzene rings is 1. The van der Waals surface area contributed by atoms with Crippen LogP contribution in [0.2, 0.25) is 0 Å². The van der Waals surface area contributed by atoms with E-state index in [9.17, 15) is 0 Å². The average Bonchev–Trinajstić information content (AvgIpc) is 2.59. The van der Waals surface area contributed by atoms with Crippen LogP contribution in [0, 0.1) is 0 Å². The van der Waals surface area contributed by atoms with Gasteiger partial charge in [0, 0.05) is 19.6 Å². The largest absolute Gasteiger partial charge is 1.00 e. The minimum absolute atomic E-state index is 0. The highest BCUT2D eigenvalue weighted by molar-refractivity contribution is 5.73. The number of rotatable bonds is 6. The average molecular weight is 402 g/mol. The summed E-state index contributed by atoms with van der Waals surface area (Å²) >= 11 is 0. The van der Waals surface area contributed by atoms with E-state index in [-0.39, 0.29) is 17.0 Å². The summed E-state index contributed by atoms with van der Waals surface area (Å²) in [6.07, 6.45) is 0. The van der Waals surface area contributed by atoms with E-state index in [0.29, 0.717) is 5.75 Å². The molecular weight excluding hydrogens is 366 g/mol. The molecule has 0 bridgehead atoms. The van der Waals surface area contributed by atoms with Gasteiger partial charge >= 0.3 is 0 Å². The van der Waals surface area contributed by atoms with Crippen LogP contribution in [0.1, 0.15) is 41.5 Å². The number of phenolic OH excluding ortho intramolecular Hbond substituents is 1. The first-order chi connectivity index (χ1) is 11.0. The van der Waals surface area contributed by atoms with Gasteiger partial charge in [0.25, 0.3) is 5.96 Å². The lowest BCUT2D eigenvalue weighted by Gasteiger charge is -2.39. The molecule has 0 aliphatic rings. The molecule has 0 radical (unpaired) electrons. The summed E-state index contributed by atoms with van der Waals surface area (Å²) in [4.78, 5) is 7.17. The van der Waals surface area contributed by atoms with Gasteiger partial charge in [-0.15, -0.1) is 0 Å². The second-order valence-electron chi connectivity index (χ2n) is 5.38. The standard InChI is InChI=1S/C13H30N3.C6H6O.BrH/c1-7-14-13(15(8-2)9-3)16(10-4,11-5)12-6;7-6-4-2-1-3-5-6;/h7-12H2,1-6H3;1-5,7H;1H/q+1;;/p-1/b14-13+;;. The van der Waals surface area contributed by atoms with E-state index in [1.54, 1.807) is 24.3 Å². The summed E-state index contributed by atoms with van der Waals surface area (Å²) in [5.41, 5.74) is 0. The van der Waals surface area contributed by atoms with Crippen LogP contribution < -0.4 is 17.0 Å². The lowest BCUT2D eigenvalue weighted by molar-refractivity contribution is -0.841. The first-order valence-corrected chi connectivity index (χ1v) is 8.95. The Balaban J connectivity index is 0. The molecule has 0 aliphatic heterocycles. The fourth-order valence-corrected chi connectivity index (χ4v) is 2.72. The molecule has 1 rings (SSSR count). The topological polar surface area (TPSA) is 35.8 Å². The second-order valence-corrected chi connectivity index (χ2v) is 5.38. The van der Waals surface area contributed by atoms with Crippen molar-refractivity contribution in [2.45, 2.75) is 41.5 Å². The van der Waals surface area contributed by atoms with E-state index in [1.807, 2.05) is 6.07 Å². The maximum absolute atomic E-state index is 8.63. The van der Waals surface area contributed by atoms with Gasteiger partial charge in [0.1, 0.15) is 5.75 Å². The van der Waals surface area contributed by atoms with Crippen LogP contribution >= 0.6 is 0 Å². The molecule has 0 saturated carbocycles. The molecule has 4 nitrogen and oxygen atoms in total. The Bertz CT molecular complexity index is 421. The Kier molecular flexibility index (Phi) is 15.0. The van der Waals surface area contributed by atoms with Gasteiger partial charge in [0.05, 0.1) is 19.6 Å². The van der Waals surface area contributed by atoms with Gasteiger partial charge in [-0.05, 0) is 53.7 Å². The van der Waals surface area contributed by atoms with Crippen molar-refractivity contribution in [1.29, 1.82) is 0 Å². The van der Waals surface area contributed by atoms with Gasteiger partial charge in [-0.2, -0.15) is 0 Å². The van der Waals surface area contributed by atoms with Crippen LogP contribution in [0.15, 0.2) is 35.3 Å². The summed E-state index contributed by atoms with van der Waals surface area (Å²) in [7, 11) is 0. The third kappa shape index (κ3) is 7.67. The van der Waals surface area contributed by atoms with Crippen LogP contribution in [0.4, 0.5) is 0 Å². The molecule has 0 heterocycles. The van der Waals surface area contributed by atoms with Crippen molar-refractivity contribution in [3.63, 3.8) is 0 Å². The molecule has 0 spiro atoms. The zero-order valence-electron chi connectivity index (χ0n) is 16.3. The first-order valence-electron chi connectivity index (χ1n) is 8.95. The van der Waals surface area contributed by atoms with Crippen LogP contribution in [0.5, 0.6) is 5.75 Å². The zero-order chi connectivity index (χ0) is 17.7. The predicted molar refractivity (Wildman–Crippen MR) is 101 cm³/mol. The molecular formula is C19H36BrN3O. The van der Waals surface area contributed by atoms with Gasteiger partial charge in [-0.3, -0.25) is 4.48 Å². The number of aromatic hydroxyl groups is 1. The zero-order valence-corrected chi connectivity index (χ0v) is 17.9. The molecule has 0 aromatic heterocycles. The van der Waals surface area contributed by atoms with Crippen molar-refractivity contribution in [2.24, 2.45) is 4.99 Å². The fourth-order valence-electron chi connectivity index (χ4n) is 2.72. The van der Waals surface area contributed by atoms with Crippen LogP contribution in [-0.4, -0.2) is 59.7 Å². The third-order valence-electron chi connectivity index (χ3n) is 4.34. The highest BCUT2D eigenvalue weighted by Crippen LogP contribution is 2.12. The number of nitrogens with zero attached hydrogens (tertiary/aromatic N) is 3. The maximum Gasteiger partial charge on any atom is 0.300 e. The molecule has 140 valence electrons. The molecule has 1 aromatic carbocycles. The fraction of sp³-hybridized carbons (Fsp3) is 0.632. The van der Waals surface area contributed by atoms with E-state index >= 15 is 0 Å². The third-order valence-corrected chi connectivity index (χ3v) is 4.34. The SMILES string of the molecule is CC/N=C(\N(CC)CC)[N+](CC)(CC)CC.Oc1ccccc1.[Br-]. The van der Waals surface area contributed by atoms with Crippen molar-refractivity contribution in [3.05, 3.63) is 30.3 Å². The number of phenols is 1. The van der Waals surface area contributed by atoms with Crippen molar-refractivity contribution < 1.29 is 26.6 Å². The van der Waals surface area contributed by atoms with Crippen LogP contribution in [0.3, 0.4) is 0 Å². The molecule has 0 aliphatic carbocycles. The number of aliphatic imine (C=N–C) groups is 1. The van der Waals surface area contributed by atoms with Gasteiger partial charge in [0.15, 0.2) is 0 Å². The molecule has 24 heavy (non-hydrogen) atoms. The maximum atomic E-state index is 8.63. The number of guanidine groups is 1. The molecule has 0 fully saturated rings. The van der Waals surface area contributed by atoms with E-state index < -0.39 is 0 Å². The summed E-state index contributed by atoms with van der Waals surface area (Å²) < 4.78 is 1.01. The minimum atomic E-state index is 0. The van der Waals surface area contributed by atoms with Crippen LogP contribution in [0.25, 0.3) is 0 Å². The van der Waals surface area contributed by atoms with Crippen molar-refractivity contribution in [1.82, 2.24) is 4.90 Å². The van der Waals surface area contributed by atoms with Gasteiger partial charge in [-0.25, -0.2) is 4.99 Å². The Morgan fingerprint density at radius 2 is 1.38 bits per heavy atom. The Labute approximate surface area is 159 Å². The lowest BCUT2D eigenvalue weighted by Crippen LogP contribution is -3.00. The van der Waals surface area contributed by atoms with E-state index in [1.165, 1.54) is 5.96 Å². The predicted octanol–water partition coefficient (Wildman–Crippen LogP) is 0.977. The number of hydrogen-bond acceptors (Lipinski definition) is 2. The van der Waals surface area contributed by atoms with Crippen molar-refractivity contribution in [2.75, 3.05) is 39.3 Å². The van der Waals surface area contributed by atoms with Crippen LogP contribution in [-0.2, 0) is 0 Å². The minimum Gasteiger partial charge on any atom is -1.00 e. The molecule has 5 heteroatoms. The first kappa shape index (κ1) is 25.2. The lowest BCUT2D eigenvalue weighted by atomic mass is 10.3. The molecule has 1 aromatic rings. The summed E-state index contributed by atoms with van der Waals surface area (Å²) in [6.45, 7) is 19.7. The molecule has 0 saturated heterocycles. The molecule has 1 N–H and O–H groups in total. The highest BCUT2D eigenvalue weighted by atomic mass is 79.9. The Morgan fingerprint density at radius 1 is 0.917 bits per heavy atom. The summed E-state index contributed by atoms with van der Waals surface area (Å²) in [5.74, 6) is 1.60. The second kappa shape index (κ2) is 14.3. The molecule has 0 atom stereocenters. The van der Waals surface area contributed by atoms with E-state index in [0.717, 1.165) is 43.8 Å². The normalized spacial score (nSPS) is 11.2. The number of hydrogen-bond donors (Lipinski definition) is 1. The molecule has 0 unspecified atom stereocenters. The summed E-state index contributed by atoms with van der Waals surface area (Å²) in [6, 6.07) is 8.71. The summed E-state index contributed by atoms with van der Waals surface area (Å²) in [5, 5.41) is 8.63. The Morgan fingerprint density at radius 3 is 1.62 bits per heavy atom. The molecule has 0 amide bonds. The van der Waals surface area contributed by atoms with E-state index in [2.05, 4.69) is 46.4 Å².